The van der Waals surface area contributed by atoms with Gasteiger partial charge in [-0.3, -0.25) is 10.1 Å². The number of carbonyl (C=O) groups is 1. The van der Waals surface area contributed by atoms with E-state index in [0.717, 1.165) is 29.9 Å². The summed E-state index contributed by atoms with van der Waals surface area (Å²) < 4.78 is 0. The van der Waals surface area contributed by atoms with E-state index >= 15 is 0 Å². The Hall–Kier alpha value is -1.88. The summed E-state index contributed by atoms with van der Waals surface area (Å²) in [6.07, 6.45) is 1.01. The van der Waals surface area contributed by atoms with E-state index in [4.69, 9.17) is 0 Å². The second kappa shape index (κ2) is 6.52. The first-order chi connectivity index (χ1) is 9.60. The van der Waals surface area contributed by atoms with Crippen molar-refractivity contribution >= 4 is 28.1 Å². The van der Waals surface area contributed by atoms with Crippen LogP contribution in [0.2, 0.25) is 0 Å². The monoisotopic (exact) mass is 289 g/mol. The molecular weight excluding hydrogens is 270 g/mol. The van der Waals surface area contributed by atoms with Gasteiger partial charge in [-0.05, 0) is 38.0 Å². The minimum Gasteiger partial charge on any atom is -0.384 e. The number of nitrogens with one attached hydrogen (secondary N) is 2. The first-order valence-electron chi connectivity index (χ1n) is 6.68. The number of nitrogens with zero attached hydrogens (tertiary/aromatic N) is 1. The highest BCUT2D eigenvalue weighted by Gasteiger charge is 2.13. The standard InChI is InChI=1S/C15H19N3OS/c1-4-7-16-13-8-10(2)5-6-12(13)14(19)18-15-17-11(3)9-20-15/h5-6,8-9,16H,4,7H2,1-3H3,(H,17,18,19). The maximum absolute atomic E-state index is 12.3. The molecule has 4 nitrogen and oxygen atoms in total. The zero-order valence-corrected chi connectivity index (χ0v) is 12.8. The number of benzene rings is 1. The number of hydrogen-bond acceptors (Lipinski definition) is 4. The molecule has 0 aliphatic heterocycles. The summed E-state index contributed by atoms with van der Waals surface area (Å²) in [5, 5.41) is 8.69. The SMILES string of the molecule is CCCNc1cc(C)ccc1C(=O)Nc1nc(C)cs1. The van der Waals surface area contributed by atoms with Gasteiger partial charge < -0.3 is 5.32 Å². The topological polar surface area (TPSA) is 54.0 Å². The van der Waals surface area contributed by atoms with Gasteiger partial charge in [-0.2, -0.15) is 0 Å². The van der Waals surface area contributed by atoms with Crippen molar-refractivity contribution in [1.82, 2.24) is 4.98 Å². The summed E-state index contributed by atoms with van der Waals surface area (Å²) in [6, 6.07) is 5.79. The minimum atomic E-state index is -0.127. The van der Waals surface area contributed by atoms with Crippen LogP contribution < -0.4 is 10.6 Å². The fourth-order valence-electron chi connectivity index (χ4n) is 1.84. The van der Waals surface area contributed by atoms with E-state index < -0.39 is 0 Å². The number of hydrogen-bond donors (Lipinski definition) is 2. The Morgan fingerprint density at radius 3 is 2.80 bits per heavy atom. The lowest BCUT2D eigenvalue weighted by Crippen LogP contribution is -2.15. The van der Waals surface area contributed by atoms with Crippen molar-refractivity contribution in [1.29, 1.82) is 0 Å². The van der Waals surface area contributed by atoms with Crippen LogP contribution in [0.25, 0.3) is 0 Å². The molecule has 0 unspecified atom stereocenters. The molecule has 106 valence electrons. The molecule has 1 heterocycles. The Balaban J connectivity index is 2.19. The average molecular weight is 289 g/mol. The van der Waals surface area contributed by atoms with Gasteiger partial charge in [0.1, 0.15) is 0 Å². The van der Waals surface area contributed by atoms with Crippen LogP contribution in [-0.2, 0) is 0 Å². The van der Waals surface area contributed by atoms with Crippen LogP contribution in [0.5, 0.6) is 0 Å². The number of carbonyl (C=O) groups excluding carboxylic acids is 1. The Labute approximate surface area is 123 Å². The molecule has 2 rings (SSSR count). The average Bonchev–Trinajstić information content (AvgIpc) is 2.81. The summed E-state index contributed by atoms with van der Waals surface area (Å²) in [5.41, 5.74) is 3.57. The van der Waals surface area contributed by atoms with Crippen molar-refractivity contribution in [3.8, 4) is 0 Å². The molecule has 0 radical (unpaired) electrons. The zero-order valence-electron chi connectivity index (χ0n) is 12.0. The predicted octanol–water partition coefficient (Wildman–Crippen LogP) is 3.83. The largest absolute Gasteiger partial charge is 0.384 e. The van der Waals surface area contributed by atoms with Gasteiger partial charge in [-0.25, -0.2) is 4.98 Å². The number of anilines is 2. The van der Waals surface area contributed by atoms with E-state index in [9.17, 15) is 4.79 Å². The second-order valence-electron chi connectivity index (χ2n) is 4.72. The highest BCUT2D eigenvalue weighted by molar-refractivity contribution is 7.13. The lowest BCUT2D eigenvalue weighted by molar-refractivity contribution is 0.102. The molecular formula is C15H19N3OS. The molecule has 2 N–H and O–H groups in total. The predicted molar refractivity (Wildman–Crippen MR) is 84.8 cm³/mol. The van der Waals surface area contributed by atoms with Gasteiger partial charge in [0, 0.05) is 17.6 Å². The molecule has 1 amide bonds. The van der Waals surface area contributed by atoms with Crippen molar-refractivity contribution in [2.45, 2.75) is 27.2 Å². The molecule has 0 saturated heterocycles. The molecule has 0 bridgehead atoms. The number of thiazole rings is 1. The highest BCUT2D eigenvalue weighted by Crippen LogP contribution is 2.21. The van der Waals surface area contributed by atoms with Gasteiger partial charge in [0.25, 0.3) is 5.91 Å². The van der Waals surface area contributed by atoms with Gasteiger partial charge in [0.05, 0.1) is 11.3 Å². The molecule has 0 aliphatic rings. The van der Waals surface area contributed by atoms with Crippen molar-refractivity contribution < 1.29 is 4.79 Å². The van der Waals surface area contributed by atoms with Gasteiger partial charge in [-0.15, -0.1) is 11.3 Å². The van der Waals surface area contributed by atoms with Gasteiger partial charge >= 0.3 is 0 Å². The summed E-state index contributed by atoms with van der Waals surface area (Å²) in [5.74, 6) is -0.127. The second-order valence-corrected chi connectivity index (χ2v) is 5.58. The van der Waals surface area contributed by atoms with E-state index in [1.165, 1.54) is 11.3 Å². The molecule has 0 aliphatic carbocycles. The number of rotatable bonds is 5. The van der Waals surface area contributed by atoms with Crippen LogP contribution in [0.4, 0.5) is 10.8 Å². The Morgan fingerprint density at radius 2 is 2.15 bits per heavy atom. The van der Waals surface area contributed by atoms with Gasteiger partial charge in [0.15, 0.2) is 5.13 Å². The van der Waals surface area contributed by atoms with E-state index in [1.807, 2.05) is 37.4 Å². The Kier molecular flexibility index (Phi) is 4.74. The molecule has 20 heavy (non-hydrogen) atoms. The maximum Gasteiger partial charge on any atom is 0.259 e. The Bertz CT molecular complexity index is 607. The fourth-order valence-corrected chi connectivity index (χ4v) is 2.52. The quantitative estimate of drug-likeness (QED) is 0.879. The molecule has 5 heteroatoms. The van der Waals surface area contributed by atoms with Crippen LogP contribution >= 0.6 is 11.3 Å². The van der Waals surface area contributed by atoms with E-state index in [-0.39, 0.29) is 5.91 Å². The van der Waals surface area contributed by atoms with Crippen molar-refractivity contribution in [3.63, 3.8) is 0 Å². The lowest BCUT2D eigenvalue weighted by atomic mass is 10.1. The maximum atomic E-state index is 12.3. The highest BCUT2D eigenvalue weighted by atomic mass is 32.1. The third-order valence-corrected chi connectivity index (χ3v) is 3.70. The number of amides is 1. The molecule has 0 fully saturated rings. The summed E-state index contributed by atoms with van der Waals surface area (Å²) in [6.45, 7) is 6.87. The van der Waals surface area contributed by atoms with Crippen LogP contribution in [-0.4, -0.2) is 17.4 Å². The normalized spacial score (nSPS) is 10.3. The van der Waals surface area contributed by atoms with Crippen molar-refractivity contribution in [3.05, 3.63) is 40.4 Å². The molecule has 0 spiro atoms. The first kappa shape index (κ1) is 14.5. The van der Waals surface area contributed by atoms with E-state index in [0.29, 0.717) is 10.7 Å². The van der Waals surface area contributed by atoms with E-state index in [1.54, 1.807) is 0 Å². The number of aryl methyl sites for hydroxylation is 2. The molecule has 1 aromatic heterocycles. The molecule has 0 atom stereocenters. The first-order valence-corrected chi connectivity index (χ1v) is 7.56. The summed E-state index contributed by atoms with van der Waals surface area (Å²) in [7, 11) is 0. The van der Waals surface area contributed by atoms with Gasteiger partial charge in [-0.1, -0.05) is 13.0 Å². The van der Waals surface area contributed by atoms with Crippen LogP contribution in [0.1, 0.15) is 35.0 Å². The Morgan fingerprint density at radius 1 is 1.35 bits per heavy atom. The van der Waals surface area contributed by atoms with Gasteiger partial charge in [0.2, 0.25) is 0 Å². The van der Waals surface area contributed by atoms with Crippen LogP contribution in [0.3, 0.4) is 0 Å². The molecule has 1 aromatic carbocycles. The molecule has 0 saturated carbocycles. The lowest BCUT2D eigenvalue weighted by Gasteiger charge is -2.11. The third kappa shape index (κ3) is 3.57. The summed E-state index contributed by atoms with van der Waals surface area (Å²) in [4.78, 5) is 16.6. The smallest absolute Gasteiger partial charge is 0.259 e. The van der Waals surface area contributed by atoms with Crippen LogP contribution in [0.15, 0.2) is 23.6 Å². The molecule has 2 aromatic rings. The summed E-state index contributed by atoms with van der Waals surface area (Å²) >= 11 is 1.44. The third-order valence-electron chi connectivity index (χ3n) is 2.82. The fraction of sp³-hybridized carbons (Fsp3) is 0.333. The van der Waals surface area contributed by atoms with E-state index in [2.05, 4.69) is 22.5 Å². The van der Waals surface area contributed by atoms with Crippen LogP contribution in [0, 0.1) is 13.8 Å². The van der Waals surface area contributed by atoms with Crippen molar-refractivity contribution in [2.24, 2.45) is 0 Å². The van der Waals surface area contributed by atoms with Crippen molar-refractivity contribution in [2.75, 3.05) is 17.2 Å². The minimum absolute atomic E-state index is 0.127. The zero-order chi connectivity index (χ0) is 14.5. The number of aromatic nitrogens is 1.